The van der Waals surface area contributed by atoms with Crippen LogP contribution in [0, 0.1) is 20.8 Å². The largest absolute Gasteiger partial charge is 0.466 e. The molecule has 0 aliphatic rings. The maximum absolute atomic E-state index is 12.5. The van der Waals surface area contributed by atoms with Crippen molar-refractivity contribution in [2.75, 3.05) is 11.9 Å². The van der Waals surface area contributed by atoms with Crippen LogP contribution in [0.5, 0.6) is 17.6 Å². The molecule has 0 bridgehead atoms. The average Bonchev–Trinajstić information content (AvgIpc) is 3.05. The van der Waals surface area contributed by atoms with Gasteiger partial charge in [0, 0.05) is 30.8 Å². The Labute approximate surface area is 179 Å². The molecule has 31 heavy (non-hydrogen) atoms. The van der Waals surface area contributed by atoms with Crippen LogP contribution in [0.3, 0.4) is 0 Å². The summed E-state index contributed by atoms with van der Waals surface area (Å²) in [4.78, 5) is 25.0. The van der Waals surface area contributed by atoms with Gasteiger partial charge in [0.15, 0.2) is 12.3 Å². The monoisotopic (exact) mass is 418 g/mol. The van der Waals surface area contributed by atoms with Gasteiger partial charge in [0.25, 0.3) is 5.91 Å². The van der Waals surface area contributed by atoms with Crippen molar-refractivity contribution in [3.63, 3.8) is 0 Å². The van der Waals surface area contributed by atoms with E-state index < -0.39 is 0 Å². The van der Waals surface area contributed by atoms with Gasteiger partial charge in [-0.05, 0) is 62.2 Å². The third-order valence-electron chi connectivity index (χ3n) is 4.65. The number of carbonyl (C=O) groups excluding carboxylic acids is 1. The van der Waals surface area contributed by atoms with Crippen molar-refractivity contribution < 1.29 is 14.3 Å². The number of ether oxygens (including phenoxy) is 2. The Kier molecular flexibility index (Phi) is 5.48. The molecule has 1 N–H and O–H groups in total. The van der Waals surface area contributed by atoms with E-state index >= 15 is 0 Å². The highest BCUT2D eigenvalue weighted by atomic mass is 16.5. The first kappa shape index (κ1) is 20.3. The minimum Gasteiger partial charge on any atom is -0.466 e. The summed E-state index contributed by atoms with van der Waals surface area (Å²) in [5.74, 6) is 0.678. The fourth-order valence-electron chi connectivity index (χ4n) is 3.25. The molecule has 1 aromatic carbocycles. The molecule has 0 aliphatic carbocycles. The lowest BCUT2D eigenvalue weighted by Crippen LogP contribution is -2.21. The summed E-state index contributed by atoms with van der Waals surface area (Å²) in [6.45, 7) is 5.60. The third-order valence-corrected chi connectivity index (χ3v) is 4.65. The fourth-order valence-corrected chi connectivity index (χ4v) is 3.25. The SMILES string of the molecule is Cc1cc(C)c2c(OCC(=O)Nc3ccc(Oc4ncccn4)cc3C)nn(C)c2n1. The van der Waals surface area contributed by atoms with Crippen molar-refractivity contribution in [2.45, 2.75) is 20.8 Å². The van der Waals surface area contributed by atoms with Gasteiger partial charge in [-0.15, -0.1) is 5.10 Å². The summed E-state index contributed by atoms with van der Waals surface area (Å²) in [5, 5.41) is 8.02. The molecule has 0 fully saturated rings. The highest BCUT2D eigenvalue weighted by molar-refractivity contribution is 5.93. The normalized spacial score (nSPS) is 10.8. The van der Waals surface area contributed by atoms with Gasteiger partial charge in [0.2, 0.25) is 5.88 Å². The summed E-state index contributed by atoms with van der Waals surface area (Å²) >= 11 is 0. The third kappa shape index (κ3) is 4.45. The van der Waals surface area contributed by atoms with Crippen molar-refractivity contribution >= 4 is 22.6 Å². The lowest BCUT2D eigenvalue weighted by Gasteiger charge is -2.11. The second-order valence-electron chi connectivity index (χ2n) is 7.15. The molecule has 0 saturated carbocycles. The Morgan fingerprint density at radius 1 is 1.10 bits per heavy atom. The quantitative estimate of drug-likeness (QED) is 0.511. The summed E-state index contributed by atoms with van der Waals surface area (Å²) < 4.78 is 13.0. The predicted molar refractivity (Wildman–Crippen MR) is 115 cm³/mol. The van der Waals surface area contributed by atoms with Crippen LogP contribution in [-0.4, -0.2) is 37.2 Å². The highest BCUT2D eigenvalue weighted by Gasteiger charge is 2.16. The number of nitrogens with one attached hydrogen (secondary N) is 1. The zero-order valence-electron chi connectivity index (χ0n) is 17.7. The van der Waals surface area contributed by atoms with Crippen LogP contribution >= 0.6 is 0 Å². The zero-order valence-corrected chi connectivity index (χ0v) is 17.7. The molecule has 1 amide bonds. The van der Waals surface area contributed by atoms with E-state index in [0.717, 1.165) is 27.9 Å². The van der Waals surface area contributed by atoms with E-state index in [0.29, 0.717) is 17.3 Å². The number of amides is 1. The van der Waals surface area contributed by atoms with Crippen molar-refractivity contribution in [3.05, 3.63) is 59.5 Å². The molecule has 3 heterocycles. The van der Waals surface area contributed by atoms with Gasteiger partial charge in [-0.1, -0.05) is 0 Å². The number of carbonyl (C=O) groups is 1. The average molecular weight is 418 g/mol. The van der Waals surface area contributed by atoms with E-state index in [9.17, 15) is 4.79 Å². The topological polar surface area (TPSA) is 104 Å². The Hall–Kier alpha value is -4.01. The molecule has 0 radical (unpaired) electrons. The fraction of sp³-hybridized carbons (Fsp3) is 0.227. The first-order valence-electron chi connectivity index (χ1n) is 9.70. The number of anilines is 1. The first-order valence-corrected chi connectivity index (χ1v) is 9.70. The van der Waals surface area contributed by atoms with E-state index in [1.807, 2.05) is 26.8 Å². The van der Waals surface area contributed by atoms with Crippen molar-refractivity contribution in [1.82, 2.24) is 24.7 Å². The van der Waals surface area contributed by atoms with Crippen LogP contribution in [0.4, 0.5) is 5.69 Å². The molecule has 3 aromatic heterocycles. The van der Waals surface area contributed by atoms with E-state index in [1.54, 1.807) is 48.4 Å². The van der Waals surface area contributed by atoms with Crippen LogP contribution in [0.25, 0.3) is 11.0 Å². The number of hydrogen-bond donors (Lipinski definition) is 1. The molecule has 0 unspecified atom stereocenters. The van der Waals surface area contributed by atoms with Crippen molar-refractivity contribution in [3.8, 4) is 17.6 Å². The molecule has 158 valence electrons. The summed E-state index contributed by atoms with van der Waals surface area (Å²) in [5.41, 5.74) is 4.12. The molecule has 4 rings (SSSR count). The molecule has 0 saturated heterocycles. The number of aryl methyl sites for hydroxylation is 4. The smallest absolute Gasteiger partial charge is 0.321 e. The lowest BCUT2D eigenvalue weighted by molar-refractivity contribution is -0.118. The van der Waals surface area contributed by atoms with E-state index in [2.05, 4.69) is 25.4 Å². The number of fused-ring (bicyclic) bond motifs is 1. The van der Waals surface area contributed by atoms with Crippen molar-refractivity contribution in [2.24, 2.45) is 7.05 Å². The summed E-state index contributed by atoms with van der Waals surface area (Å²) in [7, 11) is 1.80. The van der Waals surface area contributed by atoms with Crippen LogP contribution < -0.4 is 14.8 Å². The number of pyridine rings is 1. The molecular weight excluding hydrogens is 396 g/mol. The van der Waals surface area contributed by atoms with Crippen molar-refractivity contribution in [1.29, 1.82) is 0 Å². The van der Waals surface area contributed by atoms with Gasteiger partial charge in [0.1, 0.15) is 5.75 Å². The molecule has 0 spiro atoms. The molecule has 9 heteroatoms. The summed E-state index contributed by atoms with van der Waals surface area (Å²) in [6.07, 6.45) is 3.21. The number of rotatable bonds is 6. The van der Waals surface area contributed by atoms with Gasteiger partial charge in [-0.3, -0.25) is 4.79 Å². The van der Waals surface area contributed by atoms with Crippen LogP contribution in [-0.2, 0) is 11.8 Å². The minimum absolute atomic E-state index is 0.172. The van der Waals surface area contributed by atoms with E-state index in [1.165, 1.54) is 0 Å². The van der Waals surface area contributed by atoms with Gasteiger partial charge in [-0.25, -0.2) is 19.6 Å². The summed E-state index contributed by atoms with van der Waals surface area (Å²) in [6, 6.07) is 9.24. The Morgan fingerprint density at radius 2 is 1.87 bits per heavy atom. The lowest BCUT2D eigenvalue weighted by atomic mass is 10.2. The Balaban J connectivity index is 1.42. The number of aromatic nitrogens is 5. The van der Waals surface area contributed by atoms with E-state index in [-0.39, 0.29) is 18.5 Å². The van der Waals surface area contributed by atoms with Crippen LogP contribution in [0.15, 0.2) is 42.7 Å². The Morgan fingerprint density at radius 3 is 2.61 bits per heavy atom. The zero-order chi connectivity index (χ0) is 22.0. The maximum Gasteiger partial charge on any atom is 0.321 e. The number of benzene rings is 1. The minimum atomic E-state index is -0.292. The second-order valence-corrected chi connectivity index (χ2v) is 7.15. The van der Waals surface area contributed by atoms with Gasteiger partial charge < -0.3 is 14.8 Å². The molecule has 4 aromatic rings. The van der Waals surface area contributed by atoms with Gasteiger partial charge in [-0.2, -0.15) is 0 Å². The van der Waals surface area contributed by atoms with Crippen LogP contribution in [0.2, 0.25) is 0 Å². The molecule has 0 aliphatic heterocycles. The standard InChI is InChI=1S/C22H22N6O3/c1-13-11-16(31-22-23-8-5-9-24-22)6-7-17(13)26-18(29)12-30-21-19-14(2)10-15(3)25-20(19)28(4)27-21/h5-11H,12H2,1-4H3,(H,26,29). The highest BCUT2D eigenvalue weighted by Crippen LogP contribution is 2.27. The molecule has 0 atom stereocenters. The molecule has 9 nitrogen and oxygen atoms in total. The Bertz CT molecular complexity index is 1250. The molecular formula is C22H22N6O3. The van der Waals surface area contributed by atoms with Gasteiger partial charge >= 0.3 is 6.01 Å². The predicted octanol–water partition coefficient (Wildman–Crippen LogP) is 3.49. The van der Waals surface area contributed by atoms with Crippen LogP contribution in [0.1, 0.15) is 16.8 Å². The number of nitrogens with zero attached hydrogens (tertiary/aromatic N) is 5. The maximum atomic E-state index is 12.5. The second kappa shape index (κ2) is 8.39. The van der Waals surface area contributed by atoms with Gasteiger partial charge in [0.05, 0.1) is 5.39 Å². The number of hydrogen-bond acceptors (Lipinski definition) is 7. The van der Waals surface area contributed by atoms with E-state index in [4.69, 9.17) is 9.47 Å². The first-order chi connectivity index (χ1) is 14.9.